The Bertz CT molecular complexity index is 162. The van der Waals surface area contributed by atoms with Crippen molar-refractivity contribution in [2.75, 3.05) is 0 Å². The normalized spacial score (nSPS) is 49.2. The smallest absolute Gasteiger partial charge is 0.0133 e. The van der Waals surface area contributed by atoms with Gasteiger partial charge in [0, 0.05) is 5.54 Å². The molecule has 3 atom stereocenters. The van der Waals surface area contributed by atoms with Crippen molar-refractivity contribution < 1.29 is 0 Å². The predicted molar refractivity (Wildman–Crippen MR) is 54.0 cm³/mol. The van der Waals surface area contributed by atoms with E-state index in [1.54, 1.807) is 0 Å². The first kappa shape index (κ1) is 10.0. The first-order valence-corrected chi connectivity index (χ1v) is 5.16. The van der Waals surface area contributed by atoms with Crippen LogP contribution in [0.4, 0.5) is 0 Å². The molecule has 1 fully saturated rings. The van der Waals surface area contributed by atoms with Crippen molar-refractivity contribution in [2.45, 2.75) is 58.9 Å². The monoisotopic (exact) mass is 169 g/mol. The highest BCUT2D eigenvalue weighted by Crippen LogP contribution is 2.44. The molecule has 0 heterocycles. The van der Waals surface area contributed by atoms with Crippen LogP contribution >= 0.6 is 0 Å². The zero-order valence-corrected chi connectivity index (χ0v) is 8.98. The van der Waals surface area contributed by atoms with Gasteiger partial charge in [-0.2, -0.15) is 0 Å². The average molecular weight is 169 g/mol. The van der Waals surface area contributed by atoms with Crippen LogP contribution in [0.1, 0.15) is 53.4 Å². The average Bonchev–Trinajstić information content (AvgIpc) is 1.82. The Morgan fingerprint density at radius 2 is 1.92 bits per heavy atom. The van der Waals surface area contributed by atoms with Gasteiger partial charge >= 0.3 is 0 Å². The molecule has 12 heavy (non-hydrogen) atoms. The van der Waals surface area contributed by atoms with E-state index in [1.807, 2.05) is 0 Å². The van der Waals surface area contributed by atoms with Gasteiger partial charge in [-0.1, -0.05) is 27.2 Å². The predicted octanol–water partition coefficient (Wildman–Crippen LogP) is 2.94. The highest BCUT2D eigenvalue weighted by Gasteiger charge is 2.38. The fraction of sp³-hybridized carbons (Fsp3) is 1.00. The van der Waals surface area contributed by atoms with Crippen LogP contribution in [0.2, 0.25) is 0 Å². The third-order valence-corrected chi connectivity index (χ3v) is 3.34. The molecule has 0 bridgehead atoms. The van der Waals surface area contributed by atoms with Gasteiger partial charge in [0.2, 0.25) is 0 Å². The van der Waals surface area contributed by atoms with Crippen LogP contribution in [0.15, 0.2) is 0 Å². The number of rotatable bonds is 1. The van der Waals surface area contributed by atoms with Crippen molar-refractivity contribution in [3.8, 4) is 0 Å². The third kappa shape index (κ3) is 2.22. The largest absolute Gasteiger partial charge is 0.325 e. The topological polar surface area (TPSA) is 26.0 Å². The molecule has 0 unspecified atom stereocenters. The number of hydrogen-bond acceptors (Lipinski definition) is 1. The number of hydrogen-bond donors (Lipinski definition) is 1. The molecule has 0 radical (unpaired) electrons. The molecule has 0 saturated heterocycles. The van der Waals surface area contributed by atoms with Crippen LogP contribution < -0.4 is 5.73 Å². The summed E-state index contributed by atoms with van der Waals surface area (Å²) in [5.74, 6) is 0.804. The second-order valence-electron chi connectivity index (χ2n) is 5.51. The van der Waals surface area contributed by atoms with Crippen LogP contribution in [0.25, 0.3) is 0 Å². The maximum absolute atomic E-state index is 6.22. The van der Waals surface area contributed by atoms with E-state index < -0.39 is 0 Å². The molecule has 72 valence electrons. The molecule has 1 nitrogen and oxygen atoms in total. The molecule has 1 aliphatic carbocycles. The lowest BCUT2D eigenvalue weighted by molar-refractivity contribution is 0.0983. The summed E-state index contributed by atoms with van der Waals surface area (Å²) in [7, 11) is 0. The molecule has 2 N–H and O–H groups in total. The molecular formula is C11H23N. The van der Waals surface area contributed by atoms with E-state index in [9.17, 15) is 0 Å². The maximum Gasteiger partial charge on any atom is 0.0133 e. The minimum Gasteiger partial charge on any atom is -0.325 e. The zero-order valence-electron chi connectivity index (χ0n) is 8.98. The van der Waals surface area contributed by atoms with Gasteiger partial charge < -0.3 is 5.73 Å². The molecule has 0 amide bonds. The van der Waals surface area contributed by atoms with Crippen LogP contribution in [0, 0.1) is 11.3 Å². The summed E-state index contributed by atoms with van der Waals surface area (Å²) in [6.45, 7) is 9.20. The molecule has 1 aliphatic rings. The summed E-state index contributed by atoms with van der Waals surface area (Å²) < 4.78 is 0. The summed E-state index contributed by atoms with van der Waals surface area (Å²) in [5, 5.41) is 0. The summed E-state index contributed by atoms with van der Waals surface area (Å²) in [4.78, 5) is 0. The van der Waals surface area contributed by atoms with E-state index in [0.717, 1.165) is 5.92 Å². The summed E-state index contributed by atoms with van der Waals surface area (Å²) >= 11 is 0. The van der Waals surface area contributed by atoms with Gasteiger partial charge in [0.1, 0.15) is 0 Å². The van der Waals surface area contributed by atoms with Gasteiger partial charge in [0.25, 0.3) is 0 Å². The standard InChI is InChI=1S/C11H23N/c1-5-10(3)6-9(2)7-11(4,12)8-10/h9H,5-8,12H2,1-4H3/t9-,10-,11+/m1/s1. The van der Waals surface area contributed by atoms with Crippen molar-refractivity contribution in [3.63, 3.8) is 0 Å². The molecule has 0 aromatic carbocycles. The lowest BCUT2D eigenvalue weighted by atomic mass is 9.63. The fourth-order valence-corrected chi connectivity index (χ4v) is 3.10. The lowest BCUT2D eigenvalue weighted by Gasteiger charge is -2.45. The first-order valence-electron chi connectivity index (χ1n) is 5.16. The molecule has 0 spiro atoms. The maximum atomic E-state index is 6.22. The zero-order chi connectivity index (χ0) is 9.41. The van der Waals surface area contributed by atoms with E-state index in [0.29, 0.717) is 5.41 Å². The minimum atomic E-state index is 0.0857. The second-order valence-corrected chi connectivity index (χ2v) is 5.51. The third-order valence-electron chi connectivity index (χ3n) is 3.34. The SMILES string of the molecule is CC[C@]1(C)C[C@@H](C)C[C@](C)(N)C1. The Morgan fingerprint density at radius 3 is 2.33 bits per heavy atom. The Kier molecular flexibility index (Phi) is 2.53. The van der Waals surface area contributed by atoms with Crippen molar-refractivity contribution in [1.29, 1.82) is 0 Å². The van der Waals surface area contributed by atoms with E-state index in [1.165, 1.54) is 25.7 Å². The molecule has 0 aromatic heterocycles. The van der Waals surface area contributed by atoms with Crippen molar-refractivity contribution in [1.82, 2.24) is 0 Å². The molecule has 1 saturated carbocycles. The van der Waals surface area contributed by atoms with Gasteiger partial charge in [-0.05, 0) is 37.5 Å². The quantitative estimate of drug-likeness (QED) is 0.641. The summed E-state index contributed by atoms with van der Waals surface area (Å²) in [6, 6.07) is 0. The summed E-state index contributed by atoms with van der Waals surface area (Å²) in [6.07, 6.45) is 5.02. The van der Waals surface area contributed by atoms with Gasteiger partial charge in [-0.25, -0.2) is 0 Å². The summed E-state index contributed by atoms with van der Waals surface area (Å²) in [5.41, 5.74) is 6.81. The first-order chi connectivity index (χ1) is 5.37. The van der Waals surface area contributed by atoms with E-state index in [2.05, 4.69) is 27.7 Å². The Hall–Kier alpha value is -0.0400. The second kappa shape index (κ2) is 3.02. The molecule has 1 rings (SSSR count). The molecule has 0 aromatic rings. The van der Waals surface area contributed by atoms with Crippen LogP contribution in [0.3, 0.4) is 0 Å². The highest BCUT2D eigenvalue weighted by atomic mass is 14.7. The Balaban J connectivity index is 2.70. The Labute approximate surface area is 76.7 Å². The van der Waals surface area contributed by atoms with Gasteiger partial charge in [0.15, 0.2) is 0 Å². The van der Waals surface area contributed by atoms with Gasteiger partial charge in [0.05, 0.1) is 0 Å². The fourth-order valence-electron chi connectivity index (χ4n) is 3.10. The van der Waals surface area contributed by atoms with Crippen LogP contribution in [-0.2, 0) is 0 Å². The van der Waals surface area contributed by atoms with Gasteiger partial charge in [-0.3, -0.25) is 0 Å². The van der Waals surface area contributed by atoms with Gasteiger partial charge in [-0.15, -0.1) is 0 Å². The highest BCUT2D eigenvalue weighted by molar-refractivity contribution is 4.94. The molecular weight excluding hydrogens is 146 g/mol. The molecule has 0 aliphatic heterocycles. The van der Waals surface area contributed by atoms with Crippen molar-refractivity contribution >= 4 is 0 Å². The number of nitrogens with two attached hydrogens (primary N) is 1. The van der Waals surface area contributed by atoms with E-state index in [-0.39, 0.29) is 5.54 Å². The molecule has 1 heteroatoms. The van der Waals surface area contributed by atoms with Crippen LogP contribution in [0.5, 0.6) is 0 Å². The van der Waals surface area contributed by atoms with Crippen molar-refractivity contribution in [2.24, 2.45) is 17.1 Å². The van der Waals surface area contributed by atoms with E-state index in [4.69, 9.17) is 5.73 Å². The van der Waals surface area contributed by atoms with Crippen molar-refractivity contribution in [3.05, 3.63) is 0 Å². The minimum absolute atomic E-state index is 0.0857. The lowest BCUT2D eigenvalue weighted by Crippen LogP contribution is -2.47. The van der Waals surface area contributed by atoms with Crippen LogP contribution in [-0.4, -0.2) is 5.54 Å². The van der Waals surface area contributed by atoms with E-state index >= 15 is 0 Å². The Morgan fingerprint density at radius 1 is 1.33 bits per heavy atom.